The van der Waals surface area contributed by atoms with Gasteiger partial charge in [-0.3, -0.25) is 4.79 Å². The van der Waals surface area contributed by atoms with Crippen molar-refractivity contribution in [1.29, 1.82) is 0 Å². The molecule has 1 heterocycles. The molecular weight excluding hydrogens is 398 g/mol. The van der Waals surface area contributed by atoms with Crippen LogP contribution in [-0.4, -0.2) is 71.0 Å². The van der Waals surface area contributed by atoms with E-state index in [1.807, 2.05) is 63.5 Å². The van der Waals surface area contributed by atoms with E-state index in [9.17, 15) is 4.79 Å². The summed E-state index contributed by atoms with van der Waals surface area (Å²) in [5, 5.41) is 6.04. The predicted octanol–water partition coefficient (Wildman–Crippen LogP) is 4.09. The van der Waals surface area contributed by atoms with E-state index in [1.165, 1.54) is 5.01 Å². The van der Waals surface area contributed by atoms with Gasteiger partial charge >= 0.3 is 0 Å². The van der Waals surface area contributed by atoms with Crippen molar-refractivity contribution in [3.8, 4) is 0 Å². The van der Waals surface area contributed by atoms with Gasteiger partial charge in [-0.1, -0.05) is 12.1 Å². The minimum absolute atomic E-state index is 0.0932. The quantitative estimate of drug-likeness (QED) is 0.464. The lowest BCUT2D eigenvalue weighted by Crippen LogP contribution is -2.42. The fourth-order valence-electron chi connectivity index (χ4n) is 3.59. The maximum absolute atomic E-state index is 13.1. The molecule has 6 heteroatoms. The zero-order valence-electron chi connectivity index (χ0n) is 20.5. The Morgan fingerprint density at radius 3 is 2.09 bits per heavy atom. The average Bonchev–Trinajstić information content (AvgIpc) is 3.02. The summed E-state index contributed by atoms with van der Waals surface area (Å²) in [7, 11) is 10.6. The van der Waals surface area contributed by atoms with Crippen LogP contribution in [0.25, 0.3) is 6.08 Å². The number of benzene rings is 2. The average molecular weight is 435 g/mol. The van der Waals surface area contributed by atoms with Crippen molar-refractivity contribution in [3.63, 3.8) is 0 Å². The molecule has 0 spiro atoms. The lowest BCUT2D eigenvalue weighted by molar-refractivity contribution is -0.868. The van der Waals surface area contributed by atoms with Gasteiger partial charge in [-0.25, -0.2) is 0 Å². The maximum atomic E-state index is 13.1. The molecule has 0 saturated heterocycles. The molecule has 0 unspecified atom stereocenters. The van der Waals surface area contributed by atoms with Crippen LogP contribution in [0.5, 0.6) is 0 Å². The molecule has 2 aromatic rings. The molecule has 170 valence electrons. The van der Waals surface area contributed by atoms with Gasteiger partial charge in [0.25, 0.3) is 5.91 Å². The molecular formula is C26H36N5O+. The van der Waals surface area contributed by atoms with Gasteiger partial charge in [-0.2, -0.15) is 10.1 Å². The number of carbonyl (C=O) groups is 1. The second-order valence-electron chi connectivity index (χ2n) is 9.46. The number of nitrogens with zero attached hydrogens (tertiary/aromatic N) is 5. The van der Waals surface area contributed by atoms with E-state index in [0.29, 0.717) is 5.57 Å². The maximum Gasteiger partial charge on any atom is 0.280 e. The van der Waals surface area contributed by atoms with Gasteiger partial charge in [0.15, 0.2) is 0 Å². The fourth-order valence-corrected chi connectivity index (χ4v) is 3.59. The predicted molar refractivity (Wildman–Crippen MR) is 137 cm³/mol. The van der Waals surface area contributed by atoms with Crippen LogP contribution in [0.3, 0.4) is 0 Å². The Labute approximate surface area is 192 Å². The van der Waals surface area contributed by atoms with Crippen LogP contribution in [-0.2, 0) is 4.79 Å². The monoisotopic (exact) mass is 434 g/mol. The van der Waals surface area contributed by atoms with Gasteiger partial charge in [0.05, 0.1) is 51.2 Å². The fraction of sp³-hybridized carbons (Fsp3) is 0.385. The third-order valence-corrected chi connectivity index (χ3v) is 5.66. The highest BCUT2D eigenvalue weighted by Crippen LogP contribution is 2.27. The van der Waals surface area contributed by atoms with E-state index in [-0.39, 0.29) is 5.91 Å². The first-order valence-electron chi connectivity index (χ1n) is 11.1. The van der Waals surface area contributed by atoms with E-state index in [0.717, 1.165) is 52.5 Å². The molecule has 0 bridgehead atoms. The molecule has 3 rings (SSSR count). The van der Waals surface area contributed by atoms with Gasteiger partial charge in [-0.15, -0.1) is 0 Å². The molecule has 0 fully saturated rings. The summed E-state index contributed by atoms with van der Waals surface area (Å²) in [5.74, 6) is -0.0932. The molecule has 6 nitrogen and oxygen atoms in total. The Hall–Kier alpha value is -3.12. The van der Waals surface area contributed by atoms with Gasteiger partial charge < -0.3 is 14.3 Å². The van der Waals surface area contributed by atoms with E-state index >= 15 is 0 Å². The summed E-state index contributed by atoms with van der Waals surface area (Å²) in [6, 6.07) is 16.3. The van der Waals surface area contributed by atoms with Gasteiger partial charge in [0, 0.05) is 32.0 Å². The van der Waals surface area contributed by atoms with Gasteiger partial charge in [-0.05, 0) is 61.9 Å². The molecule has 0 saturated carbocycles. The standard InChI is InChI=1S/C26H36N5O/c1-8-29(17-18-31(5,6)7)23-13-15-24(16-14-23)30-26(32)25(20(2)27-30)19-21-9-11-22(12-10-21)28(3)4/h9-16,19H,8,17-18H2,1-7H3/q+1/b25-19+. The number of likely N-dealkylation sites (N-methyl/N-ethyl adjacent to an activating group) is 2. The van der Waals surface area contributed by atoms with Crippen molar-refractivity contribution >= 4 is 34.8 Å². The van der Waals surface area contributed by atoms with Crippen LogP contribution in [0.4, 0.5) is 17.1 Å². The van der Waals surface area contributed by atoms with Crippen molar-refractivity contribution < 1.29 is 9.28 Å². The molecule has 1 aliphatic heterocycles. The number of rotatable bonds is 8. The normalized spacial score (nSPS) is 15.3. The van der Waals surface area contributed by atoms with Crippen LogP contribution in [0.2, 0.25) is 0 Å². The number of hydrogen-bond acceptors (Lipinski definition) is 4. The molecule has 2 aromatic carbocycles. The minimum Gasteiger partial charge on any atom is -0.378 e. The molecule has 0 atom stereocenters. The first-order chi connectivity index (χ1) is 15.1. The van der Waals surface area contributed by atoms with E-state index in [4.69, 9.17) is 0 Å². The Morgan fingerprint density at radius 2 is 1.56 bits per heavy atom. The molecule has 32 heavy (non-hydrogen) atoms. The van der Waals surface area contributed by atoms with Crippen LogP contribution in [0, 0.1) is 0 Å². The van der Waals surface area contributed by atoms with Crippen molar-refractivity contribution in [1.82, 2.24) is 0 Å². The summed E-state index contributed by atoms with van der Waals surface area (Å²) in [6.07, 6.45) is 1.92. The lowest BCUT2D eigenvalue weighted by atomic mass is 10.1. The summed E-state index contributed by atoms with van der Waals surface area (Å²) in [6.45, 7) is 7.05. The van der Waals surface area contributed by atoms with E-state index < -0.39 is 0 Å². The van der Waals surface area contributed by atoms with Crippen LogP contribution >= 0.6 is 0 Å². The largest absolute Gasteiger partial charge is 0.378 e. The summed E-state index contributed by atoms with van der Waals surface area (Å²) >= 11 is 0. The third-order valence-electron chi connectivity index (χ3n) is 5.66. The van der Waals surface area contributed by atoms with Crippen molar-refractivity contribution in [2.75, 3.05) is 69.7 Å². The number of anilines is 3. The van der Waals surface area contributed by atoms with Crippen LogP contribution in [0.1, 0.15) is 19.4 Å². The topological polar surface area (TPSA) is 39.1 Å². The number of quaternary nitrogens is 1. The molecule has 0 N–H and O–H groups in total. The second kappa shape index (κ2) is 9.57. The first kappa shape index (κ1) is 23.5. The lowest BCUT2D eigenvalue weighted by Gasteiger charge is -2.29. The third kappa shape index (κ3) is 5.56. The van der Waals surface area contributed by atoms with Crippen LogP contribution in [0.15, 0.2) is 59.2 Å². The first-order valence-corrected chi connectivity index (χ1v) is 11.1. The Balaban J connectivity index is 1.75. The smallest absolute Gasteiger partial charge is 0.280 e. The second-order valence-corrected chi connectivity index (χ2v) is 9.46. The summed E-state index contributed by atoms with van der Waals surface area (Å²) in [4.78, 5) is 17.5. The Morgan fingerprint density at radius 1 is 0.969 bits per heavy atom. The number of hydrogen-bond donors (Lipinski definition) is 0. The zero-order chi connectivity index (χ0) is 23.5. The highest BCUT2D eigenvalue weighted by molar-refractivity contribution is 6.32. The number of hydrazone groups is 1. The molecule has 0 aliphatic carbocycles. The van der Waals surface area contributed by atoms with Gasteiger partial charge in [0.1, 0.15) is 0 Å². The van der Waals surface area contributed by atoms with E-state index in [1.54, 1.807) is 0 Å². The minimum atomic E-state index is -0.0932. The number of amides is 1. The Bertz CT molecular complexity index is 998. The highest BCUT2D eigenvalue weighted by atomic mass is 16.2. The summed E-state index contributed by atoms with van der Waals surface area (Å²) in [5.41, 5.74) is 5.42. The Kier molecular flexibility index (Phi) is 7.04. The van der Waals surface area contributed by atoms with Gasteiger partial charge in [0.2, 0.25) is 0 Å². The van der Waals surface area contributed by atoms with E-state index in [2.05, 4.69) is 55.1 Å². The van der Waals surface area contributed by atoms with Crippen molar-refractivity contribution in [2.45, 2.75) is 13.8 Å². The molecule has 1 aliphatic rings. The highest BCUT2D eigenvalue weighted by Gasteiger charge is 2.28. The van der Waals surface area contributed by atoms with Crippen molar-refractivity contribution in [3.05, 3.63) is 59.7 Å². The van der Waals surface area contributed by atoms with Crippen LogP contribution < -0.4 is 14.8 Å². The summed E-state index contributed by atoms with van der Waals surface area (Å²) < 4.78 is 0.928. The SMILES string of the molecule is CCN(CC[N+](C)(C)C)c1ccc(N2N=C(C)/C(=C\c3ccc(N(C)C)cc3)C2=O)cc1. The van der Waals surface area contributed by atoms with Crippen molar-refractivity contribution in [2.24, 2.45) is 5.10 Å². The molecule has 0 radical (unpaired) electrons. The molecule has 1 amide bonds. The number of carbonyl (C=O) groups excluding carboxylic acids is 1. The zero-order valence-corrected chi connectivity index (χ0v) is 20.5. The molecule has 0 aromatic heterocycles.